The van der Waals surface area contributed by atoms with Gasteiger partial charge in [0, 0.05) is 5.56 Å². The average Bonchev–Trinajstić information content (AvgIpc) is 2.81. The van der Waals surface area contributed by atoms with Gasteiger partial charge in [-0.05, 0) is 54.3 Å². The van der Waals surface area contributed by atoms with E-state index in [2.05, 4.69) is 31.4 Å². The van der Waals surface area contributed by atoms with Gasteiger partial charge in [-0.2, -0.15) is 0 Å². The summed E-state index contributed by atoms with van der Waals surface area (Å²) in [6, 6.07) is 18.3. The van der Waals surface area contributed by atoms with E-state index in [9.17, 15) is 9.59 Å². The predicted molar refractivity (Wildman–Crippen MR) is 128 cm³/mol. The summed E-state index contributed by atoms with van der Waals surface area (Å²) >= 11 is 0. The molecular weight excluding hydrogens is 404 g/mol. The quantitative estimate of drug-likeness (QED) is 0.210. The van der Waals surface area contributed by atoms with Gasteiger partial charge in [0.15, 0.2) is 6.79 Å². The van der Waals surface area contributed by atoms with E-state index in [1.165, 1.54) is 0 Å². The van der Waals surface area contributed by atoms with Crippen LogP contribution in [0.3, 0.4) is 0 Å². The zero-order valence-corrected chi connectivity index (χ0v) is 19.1. The van der Waals surface area contributed by atoms with Crippen LogP contribution in [0.15, 0.2) is 67.8 Å². The third-order valence-corrected chi connectivity index (χ3v) is 5.57. The lowest BCUT2D eigenvalue weighted by atomic mass is 9.81. The highest BCUT2D eigenvalue weighted by molar-refractivity contribution is 6.02. The van der Waals surface area contributed by atoms with Crippen LogP contribution in [0, 0.1) is 11.3 Å². The Morgan fingerprint density at radius 3 is 2.00 bits per heavy atom. The van der Waals surface area contributed by atoms with Crippen molar-refractivity contribution < 1.29 is 24.2 Å². The van der Waals surface area contributed by atoms with E-state index in [1.54, 1.807) is 13.8 Å². The van der Waals surface area contributed by atoms with Gasteiger partial charge in [-0.3, -0.25) is 9.59 Å². The zero-order chi connectivity index (χ0) is 23.7. The molecule has 3 aromatic carbocycles. The van der Waals surface area contributed by atoms with Crippen LogP contribution in [-0.4, -0.2) is 23.8 Å². The van der Waals surface area contributed by atoms with Crippen molar-refractivity contribution in [3.63, 3.8) is 0 Å². The number of carbonyl (C=O) groups excluding carboxylic acids is 2. The van der Waals surface area contributed by atoms with Gasteiger partial charge >= 0.3 is 11.9 Å². The van der Waals surface area contributed by atoms with Crippen LogP contribution in [0.2, 0.25) is 0 Å². The Morgan fingerprint density at radius 2 is 1.50 bits per heavy atom. The molecule has 0 bridgehead atoms. The van der Waals surface area contributed by atoms with Crippen LogP contribution in [0.1, 0.15) is 39.2 Å². The smallest absolute Gasteiger partial charge is 0.311 e. The fourth-order valence-electron chi connectivity index (χ4n) is 3.87. The molecule has 0 saturated carbocycles. The van der Waals surface area contributed by atoms with Gasteiger partial charge in [0.05, 0.1) is 11.3 Å². The molecule has 170 valence electrons. The summed E-state index contributed by atoms with van der Waals surface area (Å²) in [4.78, 5) is 24.9. The monoisotopic (exact) mass is 436 g/mol. The van der Waals surface area contributed by atoms with Crippen molar-refractivity contribution in [3.05, 3.63) is 73.3 Å². The molecule has 1 atom stereocenters. The van der Waals surface area contributed by atoms with Crippen LogP contribution in [0.4, 0.5) is 0 Å². The van der Waals surface area contributed by atoms with Gasteiger partial charge in [0.25, 0.3) is 0 Å². The Morgan fingerprint density at radius 1 is 0.969 bits per heavy atom. The van der Waals surface area contributed by atoms with Gasteiger partial charge in [-0.15, -0.1) is 13.2 Å². The molecule has 1 N–H and O–H groups in total. The molecule has 0 aliphatic carbocycles. The van der Waals surface area contributed by atoms with E-state index >= 15 is 0 Å². The van der Waals surface area contributed by atoms with Gasteiger partial charge in [-0.25, -0.2) is 0 Å². The third kappa shape index (κ3) is 5.74. The summed E-state index contributed by atoms with van der Waals surface area (Å²) in [5.41, 5.74) is 0.106. The molecule has 1 unspecified atom stereocenters. The highest BCUT2D eigenvalue weighted by Gasteiger charge is 2.35. The van der Waals surface area contributed by atoms with Crippen LogP contribution < -0.4 is 0 Å². The second kappa shape index (κ2) is 11.4. The number of rotatable bonds is 8. The van der Waals surface area contributed by atoms with Crippen LogP contribution in [-0.2, 0) is 25.7 Å². The second-order valence-corrected chi connectivity index (χ2v) is 8.16. The number of hydrogen-bond donors (Lipinski definition) is 1. The molecule has 0 heterocycles. The molecular formula is C27H32O5. The van der Waals surface area contributed by atoms with Gasteiger partial charge in [0.2, 0.25) is 0 Å². The highest BCUT2D eigenvalue weighted by atomic mass is 16.6. The molecule has 3 aromatic rings. The van der Waals surface area contributed by atoms with Crippen molar-refractivity contribution in [3.8, 4) is 0 Å². The Hall–Kier alpha value is -3.18. The van der Waals surface area contributed by atoms with E-state index in [1.807, 2.05) is 43.3 Å². The summed E-state index contributed by atoms with van der Waals surface area (Å²) in [6.07, 6.45) is 0.807. The molecule has 0 radical (unpaired) electrons. The van der Waals surface area contributed by atoms with Crippen molar-refractivity contribution >= 4 is 33.5 Å². The maximum absolute atomic E-state index is 12.9. The molecule has 0 aliphatic rings. The van der Waals surface area contributed by atoms with Crippen molar-refractivity contribution in [2.24, 2.45) is 11.3 Å². The van der Waals surface area contributed by atoms with E-state index in [-0.39, 0.29) is 19.0 Å². The second-order valence-electron chi connectivity index (χ2n) is 8.16. The van der Waals surface area contributed by atoms with E-state index in [0.29, 0.717) is 6.42 Å². The van der Waals surface area contributed by atoms with E-state index in [4.69, 9.17) is 14.6 Å². The first-order valence-electron chi connectivity index (χ1n) is 10.7. The molecule has 0 fully saturated rings. The van der Waals surface area contributed by atoms with E-state index in [0.717, 1.165) is 27.1 Å². The normalized spacial score (nSPS) is 12.0. The highest BCUT2D eigenvalue weighted by Crippen LogP contribution is 2.32. The maximum atomic E-state index is 12.9. The number of carbonyl (C=O) groups is 2. The third-order valence-electron chi connectivity index (χ3n) is 5.57. The first-order chi connectivity index (χ1) is 15.4. The lowest BCUT2D eigenvalue weighted by Crippen LogP contribution is -2.32. The minimum atomic E-state index is -0.866. The Labute approximate surface area is 189 Å². The molecule has 5 heteroatoms. The van der Waals surface area contributed by atoms with Crippen LogP contribution >= 0.6 is 0 Å². The lowest BCUT2D eigenvalue weighted by Gasteiger charge is -2.26. The zero-order valence-electron chi connectivity index (χ0n) is 19.1. The summed E-state index contributed by atoms with van der Waals surface area (Å²) in [5.74, 6) is -1.34. The summed E-state index contributed by atoms with van der Waals surface area (Å²) < 4.78 is 10.5. The SMILES string of the molecule is C=C.CCC(CC(C)(C)C(=O)OCc1c2ccccc2cc2ccccc12)C(=O)OCO. The Balaban J connectivity index is 0.00000176. The molecule has 0 spiro atoms. The van der Waals surface area contributed by atoms with Gasteiger partial charge < -0.3 is 14.6 Å². The lowest BCUT2D eigenvalue weighted by molar-refractivity contribution is -0.162. The minimum absolute atomic E-state index is 0.155. The Bertz CT molecular complexity index is 1020. The molecule has 0 aliphatic heterocycles. The van der Waals surface area contributed by atoms with Crippen molar-refractivity contribution in [1.82, 2.24) is 0 Å². The molecule has 0 amide bonds. The fourth-order valence-corrected chi connectivity index (χ4v) is 3.87. The Kier molecular flexibility index (Phi) is 8.97. The van der Waals surface area contributed by atoms with Crippen molar-refractivity contribution in [1.29, 1.82) is 0 Å². The number of ether oxygens (including phenoxy) is 2. The summed E-state index contributed by atoms with van der Waals surface area (Å²) in [5, 5.41) is 13.1. The van der Waals surface area contributed by atoms with Gasteiger partial charge in [0.1, 0.15) is 6.61 Å². The summed E-state index contributed by atoms with van der Waals surface area (Å²) in [7, 11) is 0. The minimum Gasteiger partial charge on any atom is -0.460 e. The van der Waals surface area contributed by atoms with Crippen molar-refractivity contribution in [2.45, 2.75) is 40.2 Å². The van der Waals surface area contributed by atoms with E-state index < -0.39 is 24.1 Å². The molecule has 3 rings (SSSR count). The molecule has 0 aromatic heterocycles. The number of benzene rings is 3. The fraction of sp³-hybridized carbons (Fsp3) is 0.333. The standard InChI is InChI=1S/C25H28O5.C2H4/c1-4-17(23(27)30-16-26)14-25(2,3)24(28)29-15-22-20-11-7-5-9-18(20)13-19-10-6-8-12-21(19)22;1-2/h5-13,17,26H,4,14-16H2,1-3H3;1-2H2. The maximum Gasteiger partial charge on any atom is 0.311 e. The topological polar surface area (TPSA) is 72.8 Å². The molecule has 32 heavy (non-hydrogen) atoms. The van der Waals surface area contributed by atoms with Gasteiger partial charge in [-0.1, -0.05) is 55.5 Å². The van der Waals surface area contributed by atoms with Crippen molar-refractivity contribution in [2.75, 3.05) is 6.79 Å². The van der Waals surface area contributed by atoms with Crippen LogP contribution in [0.25, 0.3) is 21.5 Å². The predicted octanol–water partition coefficient (Wildman–Crippen LogP) is 5.77. The number of fused-ring (bicyclic) bond motifs is 2. The first-order valence-corrected chi connectivity index (χ1v) is 10.7. The number of aliphatic hydroxyl groups excluding tert-OH is 1. The molecule has 5 nitrogen and oxygen atoms in total. The first kappa shape index (κ1) is 25.1. The molecule has 0 saturated heterocycles. The number of esters is 2. The number of aliphatic hydroxyl groups is 1. The summed E-state index contributed by atoms with van der Waals surface area (Å²) in [6.45, 7) is 10.9. The van der Waals surface area contributed by atoms with Crippen LogP contribution in [0.5, 0.6) is 0 Å². The number of hydrogen-bond acceptors (Lipinski definition) is 5. The largest absolute Gasteiger partial charge is 0.460 e. The average molecular weight is 437 g/mol.